The van der Waals surface area contributed by atoms with Gasteiger partial charge >= 0.3 is 0 Å². The van der Waals surface area contributed by atoms with Gasteiger partial charge in [0.1, 0.15) is 6.29 Å². The van der Waals surface area contributed by atoms with Gasteiger partial charge in [-0.15, -0.1) is 0 Å². The van der Waals surface area contributed by atoms with Gasteiger partial charge in [-0.1, -0.05) is 6.92 Å². The van der Waals surface area contributed by atoms with Crippen molar-refractivity contribution < 1.29 is 9.59 Å². The first kappa shape index (κ1) is 8.08. The topological polar surface area (TPSA) is 34.1 Å². The largest absolute Gasteiger partial charge is 0.299 e. The molecule has 0 spiro atoms. The fraction of sp³-hybridized carbons (Fsp3) is 0.429. The smallest absolute Gasteiger partial charge is 0.155 e. The summed E-state index contributed by atoms with van der Waals surface area (Å²) in [6.07, 6.45) is 2.58. The van der Waals surface area contributed by atoms with E-state index in [0.29, 0.717) is 18.3 Å². The minimum absolute atomic E-state index is 0.0235. The predicted molar refractivity (Wildman–Crippen MR) is 35.1 cm³/mol. The molecule has 9 heavy (non-hydrogen) atoms. The summed E-state index contributed by atoms with van der Waals surface area (Å²) < 4.78 is 0. The number of Topliss-reactive ketones (excluding diaryl/α,β-unsaturated/α-hetero) is 1. The molecule has 0 saturated heterocycles. The van der Waals surface area contributed by atoms with Gasteiger partial charge in [-0.05, 0) is 25.0 Å². The van der Waals surface area contributed by atoms with Gasteiger partial charge in [0, 0.05) is 0 Å². The summed E-state index contributed by atoms with van der Waals surface area (Å²) in [6.45, 7) is 3.30. The Morgan fingerprint density at radius 1 is 1.56 bits per heavy atom. The second-order valence-corrected chi connectivity index (χ2v) is 1.74. The van der Waals surface area contributed by atoms with Crippen molar-refractivity contribution in [3.05, 3.63) is 11.6 Å². The van der Waals surface area contributed by atoms with Crippen molar-refractivity contribution in [1.82, 2.24) is 0 Å². The van der Waals surface area contributed by atoms with Crippen molar-refractivity contribution in [3.8, 4) is 0 Å². The highest BCUT2D eigenvalue weighted by molar-refractivity contribution is 5.96. The SMILES string of the molecule is CCC(=CC=O)C(C)=O. The summed E-state index contributed by atoms with van der Waals surface area (Å²) in [7, 11) is 0. The number of ketones is 1. The zero-order valence-electron chi connectivity index (χ0n) is 5.68. The molecule has 50 valence electrons. The van der Waals surface area contributed by atoms with E-state index in [9.17, 15) is 9.59 Å². The number of carbonyl (C=O) groups is 2. The molecule has 0 radical (unpaired) electrons. The molecular weight excluding hydrogens is 116 g/mol. The van der Waals surface area contributed by atoms with E-state index in [4.69, 9.17) is 0 Å². The monoisotopic (exact) mass is 126 g/mol. The van der Waals surface area contributed by atoms with Crippen molar-refractivity contribution in [2.75, 3.05) is 0 Å². The van der Waals surface area contributed by atoms with Crippen molar-refractivity contribution >= 4 is 12.1 Å². The second-order valence-electron chi connectivity index (χ2n) is 1.74. The van der Waals surface area contributed by atoms with E-state index in [1.54, 1.807) is 0 Å². The van der Waals surface area contributed by atoms with Gasteiger partial charge in [0.25, 0.3) is 0 Å². The molecule has 0 aliphatic heterocycles. The lowest BCUT2D eigenvalue weighted by atomic mass is 10.1. The van der Waals surface area contributed by atoms with Gasteiger partial charge < -0.3 is 0 Å². The Morgan fingerprint density at radius 2 is 2.11 bits per heavy atom. The molecule has 0 N–H and O–H groups in total. The van der Waals surface area contributed by atoms with E-state index in [1.807, 2.05) is 6.92 Å². The number of hydrogen-bond donors (Lipinski definition) is 0. The third kappa shape index (κ3) is 2.80. The summed E-state index contributed by atoms with van der Waals surface area (Å²) in [6, 6.07) is 0. The maximum atomic E-state index is 10.5. The normalized spacial score (nSPS) is 11.1. The minimum atomic E-state index is -0.0235. The maximum absolute atomic E-state index is 10.5. The number of hydrogen-bond acceptors (Lipinski definition) is 2. The van der Waals surface area contributed by atoms with Crippen LogP contribution in [0.3, 0.4) is 0 Å². The standard InChI is InChI=1S/C7H10O2/c1-3-7(4-5-8)6(2)9/h4-5H,3H2,1-2H3. The van der Waals surface area contributed by atoms with Crippen LogP contribution in [0.15, 0.2) is 11.6 Å². The summed E-state index contributed by atoms with van der Waals surface area (Å²) in [5.74, 6) is -0.0235. The molecular formula is C7H10O2. The Balaban J connectivity index is 4.14. The average Bonchev–Trinajstić information content (AvgIpc) is 1.82. The van der Waals surface area contributed by atoms with Gasteiger partial charge in [-0.25, -0.2) is 0 Å². The van der Waals surface area contributed by atoms with E-state index in [2.05, 4.69) is 0 Å². The Bertz CT molecular complexity index is 145. The van der Waals surface area contributed by atoms with E-state index >= 15 is 0 Å². The third-order valence-corrected chi connectivity index (χ3v) is 1.10. The van der Waals surface area contributed by atoms with Crippen LogP contribution in [0.4, 0.5) is 0 Å². The second kappa shape index (κ2) is 4.01. The lowest BCUT2D eigenvalue weighted by Crippen LogP contribution is -1.94. The molecule has 0 aromatic heterocycles. The zero-order valence-corrected chi connectivity index (χ0v) is 5.68. The first-order valence-electron chi connectivity index (χ1n) is 2.87. The van der Waals surface area contributed by atoms with Crippen molar-refractivity contribution in [2.45, 2.75) is 20.3 Å². The quantitative estimate of drug-likeness (QED) is 0.419. The molecule has 2 nitrogen and oxygen atoms in total. The lowest BCUT2D eigenvalue weighted by Gasteiger charge is -1.92. The van der Waals surface area contributed by atoms with Crippen LogP contribution in [0.25, 0.3) is 0 Å². The molecule has 0 rings (SSSR count). The minimum Gasteiger partial charge on any atom is -0.299 e. The lowest BCUT2D eigenvalue weighted by molar-refractivity contribution is -0.114. The van der Waals surface area contributed by atoms with Gasteiger partial charge in [-0.3, -0.25) is 9.59 Å². The first-order valence-corrected chi connectivity index (χ1v) is 2.87. The molecule has 0 aromatic rings. The van der Waals surface area contributed by atoms with Gasteiger partial charge in [0.2, 0.25) is 0 Å². The summed E-state index contributed by atoms with van der Waals surface area (Å²) >= 11 is 0. The Labute approximate surface area is 54.6 Å². The van der Waals surface area contributed by atoms with Crippen molar-refractivity contribution in [3.63, 3.8) is 0 Å². The molecule has 0 amide bonds. The predicted octanol–water partition coefficient (Wildman–Crippen LogP) is 1.11. The highest BCUT2D eigenvalue weighted by Crippen LogP contribution is 1.98. The zero-order chi connectivity index (χ0) is 7.28. The summed E-state index contributed by atoms with van der Waals surface area (Å²) in [5.41, 5.74) is 0.588. The first-order chi connectivity index (χ1) is 4.22. The summed E-state index contributed by atoms with van der Waals surface area (Å²) in [4.78, 5) is 20.4. The van der Waals surface area contributed by atoms with Gasteiger partial charge in [0.15, 0.2) is 5.78 Å². The van der Waals surface area contributed by atoms with Crippen molar-refractivity contribution in [2.24, 2.45) is 0 Å². The molecule has 0 atom stereocenters. The van der Waals surface area contributed by atoms with Gasteiger partial charge in [-0.2, -0.15) is 0 Å². The van der Waals surface area contributed by atoms with E-state index in [1.165, 1.54) is 13.0 Å². The van der Waals surface area contributed by atoms with Crippen LogP contribution in [-0.2, 0) is 9.59 Å². The van der Waals surface area contributed by atoms with Crippen LogP contribution < -0.4 is 0 Å². The maximum Gasteiger partial charge on any atom is 0.155 e. The molecule has 0 fully saturated rings. The Kier molecular flexibility index (Phi) is 3.60. The van der Waals surface area contributed by atoms with Crippen molar-refractivity contribution in [1.29, 1.82) is 0 Å². The number of rotatable bonds is 3. The number of allylic oxidation sites excluding steroid dienone is 2. The molecule has 0 aromatic carbocycles. The molecule has 0 bridgehead atoms. The van der Waals surface area contributed by atoms with Gasteiger partial charge in [0.05, 0.1) is 0 Å². The van der Waals surface area contributed by atoms with E-state index in [-0.39, 0.29) is 5.78 Å². The molecule has 0 aliphatic rings. The van der Waals surface area contributed by atoms with Crippen LogP contribution in [-0.4, -0.2) is 12.1 Å². The highest BCUT2D eigenvalue weighted by Gasteiger charge is 1.97. The number of aldehydes is 1. The Morgan fingerprint density at radius 3 is 2.22 bits per heavy atom. The molecule has 0 saturated carbocycles. The molecule has 0 heterocycles. The molecule has 0 aliphatic carbocycles. The number of carbonyl (C=O) groups excluding carboxylic acids is 2. The van der Waals surface area contributed by atoms with Crippen LogP contribution >= 0.6 is 0 Å². The molecule has 0 unspecified atom stereocenters. The van der Waals surface area contributed by atoms with E-state index < -0.39 is 0 Å². The highest BCUT2D eigenvalue weighted by atomic mass is 16.1. The van der Waals surface area contributed by atoms with E-state index in [0.717, 1.165) is 0 Å². The Hall–Kier alpha value is -0.920. The summed E-state index contributed by atoms with van der Waals surface area (Å²) in [5, 5.41) is 0. The van der Waals surface area contributed by atoms with Crippen LogP contribution in [0.5, 0.6) is 0 Å². The van der Waals surface area contributed by atoms with Crippen LogP contribution in [0.1, 0.15) is 20.3 Å². The third-order valence-electron chi connectivity index (χ3n) is 1.10. The van der Waals surface area contributed by atoms with Crippen LogP contribution in [0, 0.1) is 0 Å². The fourth-order valence-corrected chi connectivity index (χ4v) is 0.566. The average molecular weight is 126 g/mol. The van der Waals surface area contributed by atoms with Crippen LogP contribution in [0.2, 0.25) is 0 Å². The molecule has 2 heteroatoms. The fourth-order valence-electron chi connectivity index (χ4n) is 0.566.